The zero-order chi connectivity index (χ0) is 14.8. The summed E-state index contributed by atoms with van der Waals surface area (Å²) in [6.07, 6.45) is 1.65. The molecule has 21 heavy (non-hydrogen) atoms. The van der Waals surface area contributed by atoms with Crippen molar-refractivity contribution in [3.05, 3.63) is 42.0 Å². The van der Waals surface area contributed by atoms with Gasteiger partial charge in [-0.15, -0.1) is 0 Å². The number of furan rings is 1. The first kappa shape index (κ1) is 13.5. The number of hydrogen-bond donors (Lipinski definition) is 1. The summed E-state index contributed by atoms with van der Waals surface area (Å²) in [4.78, 5) is 20.6. The number of nitrogens with two attached hydrogens (primary N) is 1. The maximum absolute atomic E-state index is 12.3. The maximum Gasteiger partial charge on any atom is 0.289 e. The minimum atomic E-state index is -0.0481. The van der Waals surface area contributed by atoms with Gasteiger partial charge in [0, 0.05) is 26.2 Å². The zero-order valence-corrected chi connectivity index (χ0v) is 12.0. The molecule has 1 aliphatic rings. The number of carbonyl (C=O) groups excluding carboxylic acids is 1. The Morgan fingerprint density at radius 2 is 1.95 bits per heavy atom. The molecule has 0 saturated carbocycles. The standard InChI is InChI=1S/C15H18N4O2/c1-11-2-4-13(21-11)15(20)19-8-6-18(7-9-19)14-5-3-12(16)10-17-14/h2-5,10H,6-9,16H2,1H3. The molecule has 110 valence electrons. The van der Waals surface area contributed by atoms with Crippen LogP contribution in [0.5, 0.6) is 0 Å². The Kier molecular flexibility index (Phi) is 3.51. The Balaban J connectivity index is 1.62. The van der Waals surface area contributed by atoms with Crippen molar-refractivity contribution in [3.63, 3.8) is 0 Å². The second-order valence-electron chi connectivity index (χ2n) is 5.14. The van der Waals surface area contributed by atoms with E-state index in [0.29, 0.717) is 24.5 Å². The molecule has 1 aliphatic heterocycles. The van der Waals surface area contributed by atoms with Gasteiger partial charge in [-0.2, -0.15) is 0 Å². The second-order valence-corrected chi connectivity index (χ2v) is 5.14. The lowest BCUT2D eigenvalue weighted by atomic mass is 10.2. The van der Waals surface area contributed by atoms with Crippen molar-refractivity contribution < 1.29 is 9.21 Å². The van der Waals surface area contributed by atoms with Crippen LogP contribution in [0.2, 0.25) is 0 Å². The number of aromatic nitrogens is 1. The normalized spacial score (nSPS) is 15.3. The van der Waals surface area contributed by atoms with E-state index in [2.05, 4.69) is 9.88 Å². The minimum absolute atomic E-state index is 0.0481. The molecule has 0 aliphatic carbocycles. The van der Waals surface area contributed by atoms with Gasteiger partial charge >= 0.3 is 0 Å². The van der Waals surface area contributed by atoms with E-state index in [1.165, 1.54) is 0 Å². The molecule has 0 unspecified atom stereocenters. The van der Waals surface area contributed by atoms with Crippen LogP contribution < -0.4 is 10.6 Å². The maximum atomic E-state index is 12.3. The number of rotatable bonds is 2. The summed E-state index contributed by atoms with van der Waals surface area (Å²) < 4.78 is 5.39. The van der Waals surface area contributed by atoms with Gasteiger partial charge in [-0.1, -0.05) is 0 Å². The van der Waals surface area contributed by atoms with E-state index < -0.39 is 0 Å². The minimum Gasteiger partial charge on any atom is -0.456 e. The Morgan fingerprint density at radius 3 is 2.52 bits per heavy atom. The van der Waals surface area contributed by atoms with Crippen LogP contribution in [0, 0.1) is 6.92 Å². The molecular weight excluding hydrogens is 268 g/mol. The van der Waals surface area contributed by atoms with Gasteiger partial charge in [0.25, 0.3) is 5.91 Å². The van der Waals surface area contributed by atoms with Crippen molar-refractivity contribution in [2.24, 2.45) is 0 Å². The third kappa shape index (κ3) is 2.84. The lowest BCUT2D eigenvalue weighted by molar-refractivity contribution is 0.0713. The second kappa shape index (κ2) is 5.47. The topological polar surface area (TPSA) is 75.6 Å². The highest BCUT2D eigenvalue weighted by Gasteiger charge is 2.24. The number of carbonyl (C=O) groups is 1. The quantitative estimate of drug-likeness (QED) is 0.906. The van der Waals surface area contributed by atoms with Crippen LogP contribution in [-0.2, 0) is 0 Å². The average Bonchev–Trinajstić information content (AvgIpc) is 2.94. The lowest BCUT2D eigenvalue weighted by Gasteiger charge is -2.35. The molecular formula is C15H18N4O2. The van der Waals surface area contributed by atoms with E-state index in [0.717, 1.165) is 24.7 Å². The van der Waals surface area contributed by atoms with Crippen molar-refractivity contribution in [3.8, 4) is 0 Å². The SMILES string of the molecule is Cc1ccc(C(=O)N2CCN(c3ccc(N)cn3)CC2)o1. The Morgan fingerprint density at radius 1 is 1.19 bits per heavy atom. The van der Waals surface area contributed by atoms with E-state index in [4.69, 9.17) is 10.2 Å². The summed E-state index contributed by atoms with van der Waals surface area (Å²) in [6, 6.07) is 7.28. The monoisotopic (exact) mass is 286 g/mol. The van der Waals surface area contributed by atoms with E-state index in [-0.39, 0.29) is 5.91 Å². The lowest BCUT2D eigenvalue weighted by Crippen LogP contribution is -2.49. The van der Waals surface area contributed by atoms with Crippen molar-refractivity contribution in [2.75, 3.05) is 36.8 Å². The number of aryl methyl sites for hydroxylation is 1. The fraction of sp³-hybridized carbons (Fsp3) is 0.333. The number of nitrogen functional groups attached to an aromatic ring is 1. The van der Waals surface area contributed by atoms with Gasteiger partial charge in [0.15, 0.2) is 5.76 Å². The number of pyridine rings is 1. The summed E-state index contributed by atoms with van der Waals surface area (Å²) in [5.41, 5.74) is 6.29. The van der Waals surface area contributed by atoms with Crippen molar-refractivity contribution >= 4 is 17.4 Å². The molecule has 0 bridgehead atoms. The Hall–Kier alpha value is -2.50. The van der Waals surface area contributed by atoms with Crippen LogP contribution >= 0.6 is 0 Å². The average molecular weight is 286 g/mol. The van der Waals surface area contributed by atoms with Crippen LogP contribution in [0.3, 0.4) is 0 Å². The molecule has 1 fully saturated rings. The van der Waals surface area contributed by atoms with Gasteiger partial charge in [-0.25, -0.2) is 4.98 Å². The van der Waals surface area contributed by atoms with E-state index in [1.807, 2.05) is 30.0 Å². The van der Waals surface area contributed by atoms with Gasteiger partial charge < -0.3 is 20.0 Å². The fourth-order valence-electron chi connectivity index (χ4n) is 2.43. The Labute approximate surface area is 123 Å². The molecule has 2 N–H and O–H groups in total. The van der Waals surface area contributed by atoms with Gasteiger partial charge in [0.1, 0.15) is 11.6 Å². The molecule has 1 saturated heterocycles. The number of amides is 1. The van der Waals surface area contributed by atoms with Crippen LogP contribution in [0.4, 0.5) is 11.5 Å². The molecule has 0 spiro atoms. The van der Waals surface area contributed by atoms with Gasteiger partial charge in [0.05, 0.1) is 11.9 Å². The van der Waals surface area contributed by atoms with Gasteiger partial charge in [-0.3, -0.25) is 4.79 Å². The largest absolute Gasteiger partial charge is 0.456 e. The molecule has 2 aromatic heterocycles. The predicted molar refractivity (Wildman–Crippen MR) is 80.2 cm³/mol. The highest BCUT2D eigenvalue weighted by molar-refractivity contribution is 5.91. The number of piperazine rings is 1. The summed E-state index contributed by atoms with van der Waals surface area (Å²) in [5, 5.41) is 0. The first-order chi connectivity index (χ1) is 10.1. The van der Waals surface area contributed by atoms with Gasteiger partial charge in [0.2, 0.25) is 0 Å². The molecule has 0 radical (unpaired) electrons. The molecule has 2 aromatic rings. The van der Waals surface area contributed by atoms with Crippen molar-refractivity contribution in [1.82, 2.24) is 9.88 Å². The first-order valence-corrected chi connectivity index (χ1v) is 6.96. The van der Waals surface area contributed by atoms with E-state index in [9.17, 15) is 4.79 Å². The molecule has 0 aromatic carbocycles. The highest BCUT2D eigenvalue weighted by Crippen LogP contribution is 2.16. The molecule has 0 atom stereocenters. The van der Waals surface area contributed by atoms with Crippen LogP contribution in [0.25, 0.3) is 0 Å². The first-order valence-electron chi connectivity index (χ1n) is 6.96. The van der Waals surface area contributed by atoms with Crippen LogP contribution in [0.1, 0.15) is 16.3 Å². The number of nitrogens with zero attached hydrogens (tertiary/aromatic N) is 3. The highest BCUT2D eigenvalue weighted by atomic mass is 16.3. The smallest absolute Gasteiger partial charge is 0.289 e. The molecule has 6 nitrogen and oxygen atoms in total. The summed E-state index contributed by atoms with van der Waals surface area (Å²) in [6.45, 7) is 4.65. The zero-order valence-electron chi connectivity index (χ0n) is 12.0. The van der Waals surface area contributed by atoms with Crippen molar-refractivity contribution in [2.45, 2.75) is 6.92 Å². The molecule has 6 heteroatoms. The number of hydrogen-bond acceptors (Lipinski definition) is 5. The summed E-state index contributed by atoms with van der Waals surface area (Å²) in [5.74, 6) is 2.01. The van der Waals surface area contributed by atoms with Crippen molar-refractivity contribution in [1.29, 1.82) is 0 Å². The third-order valence-corrected chi connectivity index (χ3v) is 3.61. The molecule has 1 amide bonds. The predicted octanol–water partition coefficient (Wildman–Crippen LogP) is 1.53. The molecule has 3 rings (SSSR count). The van der Waals surface area contributed by atoms with Crippen LogP contribution in [-0.4, -0.2) is 42.0 Å². The fourth-order valence-corrected chi connectivity index (χ4v) is 2.43. The summed E-state index contributed by atoms with van der Waals surface area (Å²) in [7, 11) is 0. The van der Waals surface area contributed by atoms with E-state index in [1.54, 1.807) is 12.3 Å². The van der Waals surface area contributed by atoms with Gasteiger partial charge in [-0.05, 0) is 31.2 Å². The molecule has 3 heterocycles. The third-order valence-electron chi connectivity index (χ3n) is 3.61. The number of anilines is 2. The Bertz CT molecular complexity index is 627. The van der Waals surface area contributed by atoms with E-state index >= 15 is 0 Å². The van der Waals surface area contributed by atoms with Crippen LogP contribution in [0.15, 0.2) is 34.9 Å². The summed E-state index contributed by atoms with van der Waals surface area (Å²) >= 11 is 0.